The first-order valence-corrected chi connectivity index (χ1v) is 7.46. The van der Waals surface area contributed by atoms with Crippen LogP contribution >= 0.6 is 0 Å². The second-order valence-electron chi connectivity index (χ2n) is 5.94. The Hall–Kier alpha value is -0.900. The summed E-state index contributed by atoms with van der Waals surface area (Å²) in [5.41, 5.74) is 0. The Morgan fingerprint density at radius 2 is 2.17 bits per heavy atom. The lowest BCUT2D eigenvalue weighted by Crippen LogP contribution is -2.26. The van der Waals surface area contributed by atoms with Crippen LogP contribution in [0.2, 0.25) is 0 Å². The van der Waals surface area contributed by atoms with Crippen molar-refractivity contribution in [1.82, 2.24) is 20.1 Å². The van der Waals surface area contributed by atoms with Gasteiger partial charge in [0.15, 0.2) is 0 Å². The van der Waals surface area contributed by atoms with Crippen LogP contribution in [0.3, 0.4) is 0 Å². The van der Waals surface area contributed by atoms with E-state index in [1.807, 2.05) is 0 Å². The van der Waals surface area contributed by atoms with Gasteiger partial charge in [0.25, 0.3) is 0 Å². The van der Waals surface area contributed by atoms with E-state index in [1.165, 1.54) is 37.9 Å². The SMILES string of the molecule is CC1CCCC1CNCc1nnc2n1CCCC2. The molecule has 4 nitrogen and oxygen atoms in total. The Labute approximate surface area is 109 Å². The van der Waals surface area contributed by atoms with Gasteiger partial charge in [-0.2, -0.15) is 0 Å². The molecular formula is C14H24N4. The Morgan fingerprint density at radius 3 is 3.00 bits per heavy atom. The summed E-state index contributed by atoms with van der Waals surface area (Å²) in [6, 6.07) is 0. The minimum Gasteiger partial charge on any atom is -0.314 e. The number of nitrogens with zero attached hydrogens (tertiary/aromatic N) is 3. The fourth-order valence-electron chi connectivity index (χ4n) is 3.39. The smallest absolute Gasteiger partial charge is 0.147 e. The zero-order valence-electron chi connectivity index (χ0n) is 11.4. The summed E-state index contributed by atoms with van der Waals surface area (Å²) in [5.74, 6) is 4.08. The standard InChI is InChI=1S/C14H24N4/c1-11-5-4-6-12(11)9-15-10-14-17-16-13-7-2-3-8-18(13)14/h11-12,15H,2-10H2,1H3. The van der Waals surface area contributed by atoms with Crippen LogP contribution in [-0.2, 0) is 19.5 Å². The number of fused-ring (bicyclic) bond motifs is 1. The lowest BCUT2D eigenvalue weighted by Gasteiger charge is -2.17. The lowest BCUT2D eigenvalue weighted by atomic mass is 9.98. The number of aryl methyl sites for hydroxylation is 1. The van der Waals surface area contributed by atoms with Crippen molar-refractivity contribution >= 4 is 0 Å². The maximum absolute atomic E-state index is 4.33. The fraction of sp³-hybridized carbons (Fsp3) is 0.857. The van der Waals surface area contributed by atoms with Crippen LogP contribution in [0.4, 0.5) is 0 Å². The van der Waals surface area contributed by atoms with Crippen LogP contribution in [0.25, 0.3) is 0 Å². The van der Waals surface area contributed by atoms with Gasteiger partial charge in [0.2, 0.25) is 0 Å². The van der Waals surface area contributed by atoms with Gasteiger partial charge in [-0.05, 0) is 37.6 Å². The van der Waals surface area contributed by atoms with Crippen LogP contribution in [0.15, 0.2) is 0 Å². The van der Waals surface area contributed by atoms with Crippen LogP contribution in [0.5, 0.6) is 0 Å². The molecule has 1 aliphatic heterocycles. The van der Waals surface area contributed by atoms with E-state index in [9.17, 15) is 0 Å². The number of hydrogen-bond donors (Lipinski definition) is 1. The molecule has 2 unspecified atom stereocenters. The molecule has 0 aromatic carbocycles. The van der Waals surface area contributed by atoms with Gasteiger partial charge in [0.05, 0.1) is 6.54 Å². The van der Waals surface area contributed by atoms with Crippen LogP contribution in [0, 0.1) is 11.8 Å². The maximum Gasteiger partial charge on any atom is 0.147 e. The van der Waals surface area contributed by atoms with E-state index in [-0.39, 0.29) is 0 Å². The monoisotopic (exact) mass is 248 g/mol. The minimum absolute atomic E-state index is 0.869. The van der Waals surface area contributed by atoms with Crippen LogP contribution in [0.1, 0.15) is 50.7 Å². The highest BCUT2D eigenvalue weighted by molar-refractivity contribution is 4.98. The van der Waals surface area contributed by atoms with E-state index in [4.69, 9.17) is 0 Å². The molecule has 4 heteroatoms. The lowest BCUT2D eigenvalue weighted by molar-refractivity contribution is 0.386. The Balaban J connectivity index is 1.52. The van der Waals surface area contributed by atoms with E-state index in [1.54, 1.807) is 0 Å². The summed E-state index contributed by atoms with van der Waals surface area (Å²) in [6.45, 7) is 5.52. The van der Waals surface area contributed by atoms with Gasteiger partial charge in [-0.25, -0.2) is 0 Å². The Bertz CT molecular complexity index is 398. The molecule has 0 radical (unpaired) electrons. The van der Waals surface area contributed by atoms with Crippen molar-refractivity contribution in [3.63, 3.8) is 0 Å². The molecule has 0 bridgehead atoms. The first-order valence-electron chi connectivity index (χ1n) is 7.46. The van der Waals surface area contributed by atoms with E-state index in [0.29, 0.717) is 0 Å². The third-order valence-electron chi connectivity index (χ3n) is 4.66. The molecule has 100 valence electrons. The van der Waals surface area contributed by atoms with Gasteiger partial charge in [0.1, 0.15) is 11.6 Å². The van der Waals surface area contributed by atoms with Gasteiger partial charge in [-0.15, -0.1) is 10.2 Å². The first-order chi connectivity index (χ1) is 8.84. The summed E-state index contributed by atoms with van der Waals surface area (Å²) < 4.78 is 2.31. The van der Waals surface area contributed by atoms with Crippen LogP contribution in [-0.4, -0.2) is 21.3 Å². The summed E-state index contributed by atoms with van der Waals surface area (Å²) in [7, 11) is 0. The average molecular weight is 248 g/mol. The van der Waals surface area contributed by atoms with Crippen molar-refractivity contribution in [3.05, 3.63) is 11.6 Å². The largest absolute Gasteiger partial charge is 0.314 e. The molecule has 1 fully saturated rings. The number of rotatable bonds is 4. The second kappa shape index (κ2) is 5.39. The molecule has 1 aromatic heterocycles. The molecule has 2 aliphatic rings. The molecule has 1 N–H and O–H groups in total. The highest BCUT2D eigenvalue weighted by Gasteiger charge is 2.23. The normalized spacial score (nSPS) is 27.4. The topological polar surface area (TPSA) is 42.7 Å². The van der Waals surface area contributed by atoms with Crippen molar-refractivity contribution < 1.29 is 0 Å². The molecule has 3 rings (SSSR count). The maximum atomic E-state index is 4.33. The van der Waals surface area contributed by atoms with Crippen molar-refractivity contribution in [2.45, 2.75) is 58.5 Å². The van der Waals surface area contributed by atoms with Crippen molar-refractivity contribution in [2.24, 2.45) is 11.8 Å². The van der Waals surface area contributed by atoms with Gasteiger partial charge >= 0.3 is 0 Å². The van der Waals surface area contributed by atoms with E-state index in [0.717, 1.165) is 43.7 Å². The third-order valence-corrected chi connectivity index (χ3v) is 4.66. The van der Waals surface area contributed by atoms with Crippen molar-refractivity contribution in [1.29, 1.82) is 0 Å². The van der Waals surface area contributed by atoms with Crippen molar-refractivity contribution in [3.8, 4) is 0 Å². The molecule has 0 saturated heterocycles. The summed E-state index contributed by atoms with van der Waals surface area (Å²) in [4.78, 5) is 0. The van der Waals surface area contributed by atoms with Gasteiger partial charge in [0, 0.05) is 13.0 Å². The van der Waals surface area contributed by atoms with E-state index >= 15 is 0 Å². The Morgan fingerprint density at radius 1 is 1.22 bits per heavy atom. The zero-order valence-corrected chi connectivity index (χ0v) is 11.4. The van der Waals surface area contributed by atoms with Crippen LogP contribution < -0.4 is 5.32 Å². The van der Waals surface area contributed by atoms with Gasteiger partial charge < -0.3 is 9.88 Å². The summed E-state index contributed by atoms with van der Waals surface area (Å²) >= 11 is 0. The predicted octanol–water partition coefficient (Wildman–Crippen LogP) is 2.14. The highest BCUT2D eigenvalue weighted by atomic mass is 15.3. The molecular weight excluding hydrogens is 224 g/mol. The number of nitrogens with one attached hydrogen (secondary N) is 1. The summed E-state index contributed by atoms with van der Waals surface area (Å²) in [5, 5.41) is 12.2. The van der Waals surface area contributed by atoms with Gasteiger partial charge in [-0.1, -0.05) is 19.8 Å². The molecule has 1 saturated carbocycles. The fourth-order valence-corrected chi connectivity index (χ4v) is 3.39. The number of hydrogen-bond acceptors (Lipinski definition) is 3. The molecule has 2 heterocycles. The quantitative estimate of drug-likeness (QED) is 0.887. The third kappa shape index (κ3) is 2.44. The molecule has 1 aromatic rings. The van der Waals surface area contributed by atoms with E-state index in [2.05, 4.69) is 27.0 Å². The highest BCUT2D eigenvalue weighted by Crippen LogP contribution is 2.30. The Kier molecular flexibility index (Phi) is 3.64. The molecule has 0 spiro atoms. The number of aromatic nitrogens is 3. The average Bonchev–Trinajstić information content (AvgIpc) is 2.97. The van der Waals surface area contributed by atoms with Crippen molar-refractivity contribution in [2.75, 3.05) is 6.54 Å². The predicted molar refractivity (Wildman–Crippen MR) is 71.2 cm³/mol. The first kappa shape index (κ1) is 12.2. The van der Waals surface area contributed by atoms with Gasteiger partial charge in [-0.3, -0.25) is 0 Å². The molecule has 0 amide bonds. The summed E-state index contributed by atoms with van der Waals surface area (Å²) in [6.07, 6.45) is 7.86. The second-order valence-corrected chi connectivity index (χ2v) is 5.94. The minimum atomic E-state index is 0.869. The molecule has 2 atom stereocenters. The zero-order chi connectivity index (χ0) is 12.4. The van der Waals surface area contributed by atoms with E-state index < -0.39 is 0 Å². The molecule has 1 aliphatic carbocycles. The molecule has 18 heavy (non-hydrogen) atoms.